The van der Waals surface area contributed by atoms with Crippen molar-refractivity contribution in [3.63, 3.8) is 0 Å². The van der Waals surface area contributed by atoms with Gasteiger partial charge in [0, 0.05) is 12.5 Å². The lowest BCUT2D eigenvalue weighted by molar-refractivity contribution is 0.251. The van der Waals surface area contributed by atoms with Crippen LogP contribution in [-0.2, 0) is 13.2 Å². The van der Waals surface area contributed by atoms with Crippen LogP contribution in [0.25, 0.3) is 0 Å². The summed E-state index contributed by atoms with van der Waals surface area (Å²) in [5.74, 6) is 1.35. The lowest BCUT2D eigenvalue weighted by Gasteiger charge is -2.10. The third-order valence-corrected chi connectivity index (χ3v) is 3.60. The predicted molar refractivity (Wildman–Crippen MR) is 82.2 cm³/mol. The number of nitrogens with one attached hydrogen (secondary N) is 2. The van der Waals surface area contributed by atoms with E-state index in [1.807, 2.05) is 24.3 Å². The zero-order chi connectivity index (χ0) is 15.4. The first-order valence-electron chi connectivity index (χ1n) is 7.30. The van der Waals surface area contributed by atoms with Gasteiger partial charge in [0.05, 0.1) is 24.7 Å². The number of rotatable bonds is 5. The largest absolute Gasteiger partial charge is 0.392 e. The molecule has 0 aliphatic heterocycles. The summed E-state index contributed by atoms with van der Waals surface area (Å²) in [5, 5.41) is 14.7. The van der Waals surface area contributed by atoms with Crippen molar-refractivity contribution in [3.05, 3.63) is 53.6 Å². The number of carbonyl (C=O) groups is 1. The van der Waals surface area contributed by atoms with Crippen molar-refractivity contribution >= 4 is 11.7 Å². The molecule has 3 N–H and O–H groups in total. The van der Waals surface area contributed by atoms with E-state index < -0.39 is 0 Å². The van der Waals surface area contributed by atoms with Crippen LogP contribution in [0, 0.1) is 0 Å². The van der Waals surface area contributed by atoms with Gasteiger partial charge in [0.1, 0.15) is 5.82 Å². The van der Waals surface area contributed by atoms with Crippen LogP contribution in [0.15, 0.2) is 36.7 Å². The maximum absolute atomic E-state index is 11.9. The molecular weight excluding hydrogens is 280 g/mol. The van der Waals surface area contributed by atoms with E-state index in [0.717, 1.165) is 29.8 Å². The molecule has 1 fully saturated rings. The summed E-state index contributed by atoms with van der Waals surface area (Å²) in [5.41, 5.74) is 2.26. The highest BCUT2D eigenvalue weighted by Gasteiger charge is 2.26. The number of urea groups is 1. The first-order valence-corrected chi connectivity index (χ1v) is 7.30. The number of hydrogen-bond donors (Lipinski definition) is 3. The van der Waals surface area contributed by atoms with Crippen molar-refractivity contribution in [1.29, 1.82) is 0 Å². The molecule has 6 nitrogen and oxygen atoms in total. The van der Waals surface area contributed by atoms with Crippen LogP contribution in [0.5, 0.6) is 0 Å². The molecule has 1 aromatic heterocycles. The Labute approximate surface area is 128 Å². The van der Waals surface area contributed by atoms with E-state index >= 15 is 0 Å². The Hall–Kier alpha value is -2.47. The monoisotopic (exact) mass is 298 g/mol. The Bertz CT molecular complexity index is 653. The Morgan fingerprint density at radius 3 is 2.50 bits per heavy atom. The summed E-state index contributed by atoms with van der Waals surface area (Å²) >= 11 is 0. The molecule has 0 unspecified atom stereocenters. The Kier molecular flexibility index (Phi) is 4.29. The number of carbonyl (C=O) groups excluding carboxylic acids is 1. The van der Waals surface area contributed by atoms with E-state index in [2.05, 4.69) is 20.6 Å². The number of hydrogen-bond acceptors (Lipinski definition) is 4. The lowest BCUT2D eigenvalue weighted by Crippen LogP contribution is -2.28. The predicted octanol–water partition coefficient (Wildman–Crippen LogP) is 2.17. The molecule has 1 aromatic carbocycles. The first kappa shape index (κ1) is 14.5. The SMILES string of the molecule is O=C(NCc1ccccc1CO)Nc1cnc(C2CC2)nc1. The van der Waals surface area contributed by atoms with Gasteiger partial charge >= 0.3 is 6.03 Å². The van der Waals surface area contributed by atoms with Crippen LogP contribution in [0.2, 0.25) is 0 Å². The summed E-state index contributed by atoms with van der Waals surface area (Å²) in [6.07, 6.45) is 5.55. The molecule has 3 rings (SSSR count). The molecule has 6 heteroatoms. The second-order valence-corrected chi connectivity index (χ2v) is 5.34. The highest BCUT2D eigenvalue weighted by molar-refractivity contribution is 5.88. The smallest absolute Gasteiger partial charge is 0.319 e. The van der Waals surface area contributed by atoms with Crippen LogP contribution in [-0.4, -0.2) is 21.1 Å². The topological polar surface area (TPSA) is 87.1 Å². The maximum atomic E-state index is 11.9. The van der Waals surface area contributed by atoms with Gasteiger partial charge in [-0.2, -0.15) is 0 Å². The summed E-state index contributed by atoms with van der Waals surface area (Å²) in [6, 6.07) is 7.11. The number of nitrogens with zero attached hydrogens (tertiary/aromatic N) is 2. The average Bonchev–Trinajstić information content (AvgIpc) is 3.39. The fraction of sp³-hybridized carbons (Fsp3) is 0.312. The molecule has 1 aliphatic rings. The van der Waals surface area contributed by atoms with Crippen molar-refractivity contribution < 1.29 is 9.90 Å². The third kappa shape index (κ3) is 3.59. The van der Waals surface area contributed by atoms with Gasteiger partial charge in [0.15, 0.2) is 0 Å². The van der Waals surface area contributed by atoms with Crippen molar-refractivity contribution in [2.45, 2.75) is 31.9 Å². The minimum absolute atomic E-state index is 0.0457. The van der Waals surface area contributed by atoms with Crippen LogP contribution in [0.1, 0.15) is 35.7 Å². The van der Waals surface area contributed by atoms with Crippen LogP contribution in [0.4, 0.5) is 10.5 Å². The van der Waals surface area contributed by atoms with E-state index in [1.165, 1.54) is 0 Å². The third-order valence-electron chi connectivity index (χ3n) is 3.60. The number of aliphatic hydroxyl groups is 1. The summed E-state index contributed by atoms with van der Waals surface area (Å²) in [7, 11) is 0. The summed E-state index contributed by atoms with van der Waals surface area (Å²) in [4.78, 5) is 20.4. The van der Waals surface area contributed by atoms with Crippen molar-refractivity contribution in [3.8, 4) is 0 Å². The molecule has 0 radical (unpaired) electrons. The van der Waals surface area contributed by atoms with E-state index in [9.17, 15) is 9.90 Å². The summed E-state index contributed by atoms with van der Waals surface area (Å²) in [6.45, 7) is 0.305. The molecule has 0 spiro atoms. The van der Waals surface area contributed by atoms with Gasteiger partial charge in [0.2, 0.25) is 0 Å². The fourth-order valence-corrected chi connectivity index (χ4v) is 2.19. The number of aliphatic hydroxyl groups excluding tert-OH is 1. The Morgan fingerprint density at radius 2 is 1.86 bits per heavy atom. The Morgan fingerprint density at radius 1 is 1.18 bits per heavy atom. The number of amides is 2. The van der Waals surface area contributed by atoms with Crippen molar-refractivity contribution in [1.82, 2.24) is 15.3 Å². The van der Waals surface area contributed by atoms with Crippen LogP contribution >= 0.6 is 0 Å². The maximum Gasteiger partial charge on any atom is 0.319 e. The normalized spacial score (nSPS) is 13.7. The highest BCUT2D eigenvalue weighted by atomic mass is 16.3. The van der Waals surface area contributed by atoms with Crippen molar-refractivity contribution in [2.75, 3.05) is 5.32 Å². The van der Waals surface area contributed by atoms with Crippen molar-refractivity contribution in [2.24, 2.45) is 0 Å². The number of anilines is 1. The Balaban J connectivity index is 1.53. The molecule has 0 bridgehead atoms. The number of benzene rings is 1. The van der Waals surface area contributed by atoms with E-state index in [1.54, 1.807) is 12.4 Å². The van der Waals surface area contributed by atoms with E-state index in [4.69, 9.17) is 0 Å². The first-order chi connectivity index (χ1) is 10.8. The van der Waals surface area contributed by atoms with Gasteiger partial charge in [-0.3, -0.25) is 0 Å². The fourth-order valence-electron chi connectivity index (χ4n) is 2.19. The zero-order valence-electron chi connectivity index (χ0n) is 12.1. The van der Waals surface area contributed by atoms with Crippen LogP contribution in [0.3, 0.4) is 0 Å². The molecule has 1 heterocycles. The quantitative estimate of drug-likeness (QED) is 0.789. The minimum atomic E-state index is -0.324. The minimum Gasteiger partial charge on any atom is -0.392 e. The molecule has 0 saturated heterocycles. The molecule has 0 atom stereocenters. The lowest BCUT2D eigenvalue weighted by atomic mass is 10.1. The van der Waals surface area contributed by atoms with Crippen LogP contribution < -0.4 is 10.6 Å². The van der Waals surface area contributed by atoms with Gasteiger partial charge < -0.3 is 15.7 Å². The van der Waals surface area contributed by atoms with Gasteiger partial charge in [-0.05, 0) is 24.0 Å². The molecule has 2 aromatic rings. The number of aromatic nitrogens is 2. The standard InChI is InChI=1S/C16H18N4O2/c21-10-13-4-2-1-3-12(13)7-19-16(22)20-14-8-17-15(18-9-14)11-5-6-11/h1-4,8-9,11,21H,5-7,10H2,(H2,19,20,22). The molecular formula is C16H18N4O2. The molecule has 1 aliphatic carbocycles. The molecule has 1 saturated carbocycles. The van der Waals surface area contributed by atoms with Gasteiger partial charge in [0.25, 0.3) is 0 Å². The highest BCUT2D eigenvalue weighted by Crippen LogP contribution is 2.37. The zero-order valence-corrected chi connectivity index (χ0v) is 12.1. The van der Waals surface area contributed by atoms with Gasteiger partial charge in [-0.25, -0.2) is 14.8 Å². The molecule has 2 amide bonds. The molecule has 114 valence electrons. The van der Waals surface area contributed by atoms with E-state index in [-0.39, 0.29) is 12.6 Å². The van der Waals surface area contributed by atoms with E-state index in [0.29, 0.717) is 18.2 Å². The average molecular weight is 298 g/mol. The van der Waals surface area contributed by atoms with Gasteiger partial charge in [-0.15, -0.1) is 0 Å². The van der Waals surface area contributed by atoms with Gasteiger partial charge in [-0.1, -0.05) is 24.3 Å². The summed E-state index contributed by atoms with van der Waals surface area (Å²) < 4.78 is 0. The molecule has 22 heavy (non-hydrogen) atoms. The second kappa shape index (κ2) is 6.53. The second-order valence-electron chi connectivity index (χ2n) is 5.34.